The summed E-state index contributed by atoms with van der Waals surface area (Å²) in [5.41, 5.74) is -0.266. The van der Waals surface area contributed by atoms with Crippen LogP contribution in [0.15, 0.2) is 79.1 Å². The summed E-state index contributed by atoms with van der Waals surface area (Å²) in [4.78, 5) is 46.3. The third kappa shape index (κ3) is 6.70. The minimum Gasteiger partial charge on any atom is -0.482 e. The van der Waals surface area contributed by atoms with Gasteiger partial charge < -0.3 is 27.8 Å². The highest BCUT2D eigenvalue weighted by Crippen LogP contribution is 2.20. The van der Waals surface area contributed by atoms with Crippen LogP contribution >= 0.6 is 0 Å². The molecule has 10 nitrogen and oxygen atoms in total. The lowest BCUT2D eigenvalue weighted by atomic mass is 10.2. The van der Waals surface area contributed by atoms with E-state index in [1.807, 2.05) is 0 Å². The number of carbonyl (C=O) groups excluding carboxylic acids is 2. The number of fused-ring (bicyclic) bond motifs is 2. The van der Waals surface area contributed by atoms with Crippen LogP contribution in [0.3, 0.4) is 0 Å². The van der Waals surface area contributed by atoms with Crippen molar-refractivity contribution in [2.75, 3.05) is 26.4 Å². The van der Waals surface area contributed by atoms with Gasteiger partial charge in [0.1, 0.15) is 22.7 Å². The largest absolute Gasteiger partial charge is 0.482 e. The average molecular weight is 480 g/mol. The summed E-state index contributed by atoms with van der Waals surface area (Å²) in [6.07, 6.45) is 0.291. The monoisotopic (exact) mass is 480 g/mol. The molecule has 0 saturated heterocycles. The third-order valence-corrected chi connectivity index (χ3v) is 4.72. The Balaban J connectivity index is 1.11. The van der Waals surface area contributed by atoms with Gasteiger partial charge in [0.25, 0.3) is 0 Å². The lowest BCUT2D eigenvalue weighted by molar-refractivity contribution is -0.148. The van der Waals surface area contributed by atoms with Crippen molar-refractivity contribution in [1.29, 1.82) is 0 Å². The first-order chi connectivity index (χ1) is 17.0. The fourth-order valence-electron chi connectivity index (χ4n) is 3.06. The van der Waals surface area contributed by atoms with Gasteiger partial charge in [-0.2, -0.15) is 0 Å². The maximum Gasteiger partial charge on any atom is 0.344 e. The van der Waals surface area contributed by atoms with E-state index in [4.69, 9.17) is 27.8 Å². The molecule has 0 amide bonds. The van der Waals surface area contributed by atoms with Gasteiger partial charge in [-0.1, -0.05) is 0 Å². The van der Waals surface area contributed by atoms with Gasteiger partial charge in [0.15, 0.2) is 13.2 Å². The Morgan fingerprint density at radius 1 is 0.629 bits per heavy atom. The molecule has 0 saturated carbocycles. The molecular formula is C25H20O10. The third-order valence-electron chi connectivity index (χ3n) is 4.72. The van der Waals surface area contributed by atoms with E-state index < -0.39 is 23.2 Å². The zero-order valence-electron chi connectivity index (χ0n) is 18.4. The fraction of sp³-hybridized carbons (Fsp3) is 0.200. The van der Waals surface area contributed by atoms with Crippen LogP contribution in [0.5, 0.6) is 11.5 Å². The molecule has 2 aromatic heterocycles. The van der Waals surface area contributed by atoms with E-state index in [1.165, 1.54) is 24.3 Å². The van der Waals surface area contributed by atoms with Crippen molar-refractivity contribution in [1.82, 2.24) is 0 Å². The maximum atomic E-state index is 11.8. The lowest BCUT2D eigenvalue weighted by Crippen LogP contribution is -2.18. The van der Waals surface area contributed by atoms with E-state index in [-0.39, 0.29) is 26.4 Å². The quantitative estimate of drug-likeness (QED) is 0.190. The van der Waals surface area contributed by atoms with Gasteiger partial charge in [0, 0.05) is 41.5 Å². The van der Waals surface area contributed by atoms with Crippen LogP contribution in [0.2, 0.25) is 0 Å². The summed E-state index contributed by atoms with van der Waals surface area (Å²) in [6.45, 7) is -0.594. The van der Waals surface area contributed by atoms with E-state index in [9.17, 15) is 19.2 Å². The lowest BCUT2D eigenvalue weighted by Gasteiger charge is -2.09. The molecule has 0 aliphatic carbocycles. The van der Waals surface area contributed by atoms with E-state index >= 15 is 0 Å². The van der Waals surface area contributed by atoms with Crippen molar-refractivity contribution in [2.24, 2.45) is 0 Å². The van der Waals surface area contributed by atoms with Gasteiger partial charge >= 0.3 is 23.2 Å². The fourth-order valence-corrected chi connectivity index (χ4v) is 3.06. The molecule has 0 aliphatic heterocycles. The maximum absolute atomic E-state index is 11.8. The molecular weight excluding hydrogens is 460 g/mol. The topological polar surface area (TPSA) is 131 Å². The summed E-state index contributed by atoms with van der Waals surface area (Å²) in [7, 11) is 0. The molecule has 0 fully saturated rings. The van der Waals surface area contributed by atoms with Crippen molar-refractivity contribution in [3.05, 3.63) is 81.5 Å². The second kappa shape index (κ2) is 11.0. The van der Waals surface area contributed by atoms with Gasteiger partial charge in [-0.3, -0.25) is 0 Å². The first kappa shape index (κ1) is 23.6. The summed E-state index contributed by atoms with van der Waals surface area (Å²) in [5, 5.41) is 1.45. The molecule has 0 spiro atoms. The molecule has 0 unspecified atom stereocenters. The molecule has 2 aromatic carbocycles. The number of benzene rings is 2. The number of rotatable bonds is 10. The van der Waals surface area contributed by atoms with Crippen molar-refractivity contribution < 1.29 is 37.4 Å². The number of hydrogen-bond acceptors (Lipinski definition) is 10. The SMILES string of the molecule is O=C(COc1ccc2ccc(=O)oc2c1)OCCCOC(=O)COc1ccc2ccc(=O)oc2c1. The van der Waals surface area contributed by atoms with Gasteiger partial charge in [0.05, 0.1) is 13.2 Å². The van der Waals surface area contributed by atoms with E-state index in [1.54, 1.807) is 36.4 Å². The number of ether oxygens (including phenoxy) is 4. The van der Waals surface area contributed by atoms with Crippen LogP contribution in [0.25, 0.3) is 21.9 Å². The molecule has 0 bridgehead atoms. The van der Waals surface area contributed by atoms with Crippen LogP contribution in [0, 0.1) is 0 Å². The predicted molar refractivity (Wildman–Crippen MR) is 122 cm³/mol. The van der Waals surface area contributed by atoms with Crippen molar-refractivity contribution in [3.63, 3.8) is 0 Å². The Hall–Kier alpha value is -4.60. The first-order valence-corrected chi connectivity index (χ1v) is 10.6. The standard InChI is InChI=1S/C25H20O10/c26-22-8-4-16-2-6-18(12-20(16)34-22)32-14-24(28)30-10-1-11-31-25(29)15-33-19-7-3-17-5-9-23(27)35-21(17)13-19/h2-9,12-13H,1,10-11,14-15H2. The van der Waals surface area contributed by atoms with E-state index in [0.29, 0.717) is 29.1 Å². The second-order valence-corrected chi connectivity index (χ2v) is 7.28. The van der Waals surface area contributed by atoms with Gasteiger partial charge in [0.2, 0.25) is 0 Å². The Kier molecular flexibility index (Phi) is 7.41. The summed E-state index contributed by atoms with van der Waals surface area (Å²) in [6, 6.07) is 15.6. The molecule has 0 N–H and O–H groups in total. The van der Waals surface area contributed by atoms with Crippen molar-refractivity contribution >= 4 is 33.9 Å². The van der Waals surface area contributed by atoms with Crippen LogP contribution in [-0.4, -0.2) is 38.4 Å². The molecule has 4 rings (SSSR count). The highest BCUT2D eigenvalue weighted by atomic mass is 16.6. The molecule has 0 atom stereocenters. The number of carbonyl (C=O) groups is 2. The minimum absolute atomic E-state index is 0.0344. The highest BCUT2D eigenvalue weighted by molar-refractivity contribution is 5.79. The molecule has 0 aliphatic rings. The van der Waals surface area contributed by atoms with E-state index in [0.717, 1.165) is 10.8 Å². The van der Waals surface area contributed by atoms with Gasteiger partial charge in [-0.25, -0.2) is 19.2 Å². The Bertz CT molecular complexity index is 1360. The van der Waals surface area contributed by atoms with Gasteiger partial charge in [-0.05, 0) is 36.4 Å². The summed E-state index contributed by atoms with van der Waals surface area (Å²) >= 11 is 0. The Morgan fingerprint density at radius 3 is 1.51 bits per heavy atom. The average Bonchev–Trinajstić information content (AvgIpc) is 2.85. The van der Waals surface area contributed by atoms with Crippen LogP contribution in [-0.2, 0) is 19.1 Å². The highest BCUT2D eigenvalue weighted by Gasteiger charge is 2.08. The van der Waals surface area contributed by atoms with Crippen LogP contribution < -0.4 is 20.7 Å². The molecule has 4 aromatic rings. The number of hydrogen-bond donors (Lipinski definition) is 0. The smallest absolute Gasteiger partial charge is 0.344 e. The normalized spacial score (nSPS) is 10.7. The molecule has 180 valence electrons. The van der Waals surface area contributed by atoms with Crippen molar-refractivity contribution in [2.45, 2.75) is 6.42 Å². The van der Waals surface area contributed by atoms with Crippen LogP contribution in [0.4, 0.5) is 0 Å². The summed E-state index contributed by atoms with van der Waals surface area (Å²) in [5.74, 6) is -0.494. The predicted octanol–water partition coefficient (Wildman–Crippen LogP) is 2.83. The second-order valence-electron chi connectivity index (χ2n) is 7.28. The first-order valence-electron chi connectivity index (χ1n) is 10.6. The molecule has 0 radical (unpaired) electrons. The Morgan fingerprint density at radius 2 is 1.06 bits per heavy atom. The van der Waals surface area contributed by atoms with Gasteiger partial charge in [-0.15, -0.1) is 0 Å². The Labute approximate surface area is 197 Å². The van der Waals surface area contributed by atoms with E-state index in [2.05, 4.69) is 0 Å². The van der Waals surface area contributed by atoms with Crippen LogP contribution in [0.1, 0.15) is 6.42 Å². The minimum atomic E-state index is -0.600. The molecule has 2 heterocycles. The zero-order chi connectivity index (χ0) is 24.6. The molecule has 35 heavy (non-hydrogen) atoms. The number of esters is 2. The summed E-state index contributed by atoms with van der Waals surface area (Å²) < 4.78 is 30.9. The van der Waals surface area contributed by atoms with Crippen molar-refractivity contribution in [3.8, 4) is 11.5 Å². The molecule has 10 heteroatoms. The zero-order valence-corrected chi connectivity index (χ0v) is 18.4.